The van der Waals surface area contributed by atoms with Crippen LogP contribution in [0.1, 0.15) is 15.9 Å². The molecule has 1 aromatic heterocycles. The Morgan fingerprint density at radius 1 is 1.32 bits per heavy atom. The van der Waals surface area contributed by atoms with Crippen LogP contribution in [-0.4, -0.2) is 10.9 Å². The van der Waals surface area contributed by atoms with Gasteiger partial charge < -0.3 is 10.7 Å². The van der Waals surface area contributed by atoms with Crippen LogP contribution in [0.4, 0.5) is 15.9 Å². The van der Waals surface area contributed by atoms with Crippen LogP contribution < -0.4 is 16.6 Å². The maximum absolute atomic E-state index is 12.7. The molecule has 0 aliphatic rings. The number of rotatable bonds is 3. The van der Waals surface area contributed by atoms with Gasteiger partial charge in [0.1, 0.15) is 11.6 Å². The fourth-order valence-electron chi connectivity index (χ4n) is 1.61. The van der Waals surface area contributed by atoms with Crippen molar-refractivity contribution in [1.29, 1.82) is 0 Å². The van der Waals surface area contributed by atoms with Gasteiger partial charge in [-0.05, 0) is 42.8 Å². The van der Waals surface area contributed by atoms with E-state index in [1.54, 1.807) is 18.2 Å². The molecule has 2 rings (SSSR count). The lowest BCUT2D eigenvalue weighted by Crippen LogP contribution is -2.14. The van der Waals surface area contributed by atoms with Gasteiger partial charge in [-0.3, -0.25) is 10.6 Å². The van der Waals surface area contributed by atoms with Crippen molar-refractivity contribution in [2.75, 3.05) is 10.7 Å². The zero-order chi connectivity index (χ0) is 13.8. The lowest BCUT2D eigenvalue weighted by molar-refractivity contribution is 0.102. The average molecular weight is 260 g/mol. The van der Waals surface area contributed by atoms with Crippen LogP contribution >= 0.6 is 0 Å². The monoisotopic (exact) mass is 260 g/mol. The van der Waals surface area contributed by atoms with E-state index in [1.165, 1.54) is 12.1 Å². The number of nitrogen functional groups attached to an aromatic ring is 1. The fourth-order valence-corrected chi connectivity index (χ4v) is 1.61. The minimum atomic E-state index is -0.452. The molecular weight excluding hydrogens is 247 g/mol. The Balaban J connectivity index is 2.16. The standard InChI is InChI=1S/C13H13FN4O/c1-8-6-9(2-4-11(8)18-15)13(19)17-12-5-3-10(14)7-16-12/h2-7,18H,15H2,1H3,(H,16,17,19). The van der Waals surface area contributed by atoms with Crippen LogP contribution in [-0.2, 0) is 0 Å². The number of aryl methyl sites for hydroxylation is 1. The molecule has 0 saturated heterocycles. The number of carbonyl (C=O) groups is 1. The van der Waals surface area contributed by atoms with E-state index in [9.17, 15) is 9.18 Å². The topological polar surface area (TPSA) is 80.0 Å². The zero-order valence-electron chi connectivity index (χ0n) is 10.3. The highest BCUT2D eigenvalue weighted by Gasteiger charge is 2.08. The lowest BCUT2D eigenvalue weighted by atomic mass is 10.1. The van der Waals surface area contributed by atoms with E-state index < -0.39 is 5.82 Å². The number of amides is 1. The quantitative estimate of drug-likeness (QED) is 0.583. The number of pyridine rings is 1. The number of hydrogen-bond donors (Lipinski definition) is 3. The number of nitrogens with zero attached hydrogens (tertiary/aromatic N) is 1. The molecule has 0 fully saturated rings. The van der Waals surface area contributed by atoms with Crippen molar-refractivity contribution >= 4 is 17.4 Å². The molecule has 0 atom stereocenters. The molecule has 1 aromatic carbocycles. The molecule has 1 heterocycles. The van der Waals surface area contributed by atoms with Gasteiger partial charge in [-0.25, -0.2) is 9.37 Å². The summed E-state index contributed by atoms with van der Waals surface area (Å²) < 4.78 is 12.7. The number of benzene rings is 1. The molecular formula is C13H13FN4O. The second-order valence-electron chi connectivity index (χ2n) is 3.99. The van der Waals surface area contributed by atoms with E-state index in [0.717, 1.165) is 17.4 Å². The maximum Gasteiger partial charge on any atom is 0.256 e. The van der Waals surface area contributed by atoms with E-state index in [-0.39, 0.29) is 5.91 Å². The third kappa shape index (κ3) is 3.05. The molecule has 0 aliphatic carbocycles. The van der Waals surface area contributed by atoms with Gasteiger partial charge in [0.05, 0.1) is 11.9 Å². The highest BCUT2D eigenvalue weighted by Crippen LogP contribution is 2.16. The molecule has 6 heteroatoms. The number of aromatic nitrogens is 1. The first-order chi connectivity index (χ1) is 9.10. The Bertz CT molecular complexity index is 598. The third-order valence-corrected chi connectivity index (χ3v) is 2.61. The van der Waals surface area contributed by atoms with E-state index >= 15 is 0 Å². The van der Waals surface area contributed by atoms with E-state index in [4.69, 9.17) is 5.84 Å². The van der Waals surface area contributed by atoms with Crippen LogP contribution in [0.5, 0.6) is 0 Å². The minimum Gasteiger partial charge on any atom is -0.324 e. The van der Waals surface area contributed by atoms with Gasteiger partial charge in [-0.1, -0.05) is 0 Å². The first-order valence-corrected chi connectivity index (χ1v) is 5.60. The molecule has 0 unspecified atom stereocenters. The Labute approximate surface area is 109 Å². The van der Waals surface area contributed by atoms with Crippen molar-refractivity contribution in [3.05, 3.63) is 53.5 Å². The summed E-state index contributed by atoms with van der Waals surface area (Å²) in [6, 6.07) is 7.68. The number of hydrazine groups is 1. The van der Waals surface area contributed by atoms with Gasteiger partial charge in [0.2, 0.25) is 0 Å². The summed E-state index contributed by atoms with van der Waals surface area (Å²) in [5, 5.41) is 2.58. The van der Waals surface area contributed by atoms with E-state index in [1.807, 2.05) is 6.92 Å². The molecule has 1 amide bonds. The summed E-state index contributed by atoms with van der Waals surface area (Å²) in [5.74, 6) is 4.85. The summed E-state index contributed by atoms with van der Waals surface area (Å²) in [6.07, 6.45) is 1.04. The molecule has 0 saturated carbocycles. The highest BCUT2D eigenvalue weighted by molar-refractivity contribution is 6.04. The molecule has 0 aliphatic heterocycles. The van der Waals surface area contributed by atoms with Crippen molar-refractivity contribution in [2.45, 2.75) is 6.92 Å². The van der Waals surface area contributed by atoms with Crippen LogP contribution in [0, 0.1) is 12.7 Å². The van der Waals surface area contributed by atoms with Crippen LogP contribution in [0.3, 0.4) is 0 Å². The van der Waals surface area contributed by atoms with E-state index in [0.29, 0.717) is 11.4 Å². The second kappa shape index (κ2) is 5.45. The Hall–Kier alpha value is -2.47. The molecule has 0 radical (unpaired) electrons. The molecule has 0 bridgehead atoms. The SMILES string of the molecule is Cc1cc(C(=O)Nc2ccc(F)cn2)ccc1NN. The summed E-state index contributed by atoms with van der Waals surface area (Å²) >= 11 is 0. The molecule has 4 N–H and O–H groups in total. The van der Waals surface area contributed by atoms with E-state index in [2.05, 4.69) is 15.7 Å². The van der Waals surface area contributed by atoms with Crippen LogP contribution in [0.25, 0.3) is 0 Å². The summed E-state index contributed by atoms with van der Waals surface area (Å²) in [4.78, 5) is 15.7. The molecule has 2 aromatic rings. The smallest absolute Gasteiger partial charge is 0.256 e. The maximum atomic E-state index is 12.7. The Morgan fingerprint density at radius 2 is 2.11 bits per heavy atom. The number of anilines is 2. The first kappa shape index (κ1) is 13.0. The minimum absolute atomic E-state index is 0.296. The molecule has 5 nitrogen and oxygen atoms in total. The first-order valence-electron chi connectivity index (χ1n) is 5.60. The predicted molar refractivity (Wildman–Crippen MR) is 71.1 cm³/mol. The van der Waals surface area contributed by atoms with Gasteiger partial charge in [-0.2, -0.15) is 0 Å². The number of nitrogens with two attached hydrogens (primary N) is 1. The molecule has 98 valence electrons. The van der Waals surface area contributed by atoms with Gasteiger partial charge >= 0.3 is 0 Å². The fraction of sp³-hybridized carbons (Fsp3) is 0.0769. The average Bonchev–Trinajstić information content (AvgIpc) is 2.41. The van der Waals surface area contributed by atoms with Gasteiger partial charge in [-0.15, -0.1) is 0 Å². The number of nitrogens with one attached hydrogen (secondary N) is 2. The largest absolute Gasteiger partial charge is 0.324 e. The van der Waals surface area contributed by atoms with Gasteiger partial charge in [0.25, 0.3) is 5.91 Å². The lowest BCUT2D eigenvalue weighted by Gasteiger charge is -2.08. The van der Waals surface area contributed by atoms with Gasteiger partial charge in [0.15, 0.2) is 0 Å². The molecule has 19 heavy (non-hydrogen) atoms. The van der Waals surface area contributed by atoms with Crippen molar-refractivity contribution in [3.8, 4) is 0 Å². The second-order valence-corrected chi connectivity index (χ2v) is 3.99. The van der Waals surface area contributed by atoms with Crippen LogP contribution in [0.2, 0.25) is 0 Å². The molecule has 0 spiro atoms. The van der Waals surface area contributed by atoms with Crippen molar-refractivity contribution in [1.82, 2.24) is 4.98 Å². The Kier molecular flexibility index (Phi) is 3.72. The van der Waals surface area contributed by atoms with Gasteiger partial charge in [0, 0.05) is 5.56 Å². The number of hydrogen-bond acceptors (Lipinski definition) is 4. The highest BCUT2D eigenvalue weighted by atomic mass is 19.1. The number of carbonyl (C=O) groups excluding carboxylic acids is 1. The summed E-state index contributed by atoms with van der Waals surface area (Å²) in [5.41, 5.74) is 4.60. The number of halogens is 1. The van der Waals surface area contributed by atoms with Crippen molar-refractivity contribution < 1.29 is 9.18 Å². The van der Waals surface area contributed by atoms with Crippen LogP contribution in [0.15, 0.2) is 36.5 Å². The zero-order valence-corrected chi connectivity index (χ0v) is 10.3. The predicted octanol–water partition coefficient (Wildman–Crippen LogP) is 2.07. The third-order valence-electron chi connectivity index (χ3n) is 2.61. The normalized spacial score (nSPS) is 10.1. The summed E-state index contributed by atoms with van der Waals surface area (Å²) in [7, 11) is 0. The van der Waals surface area contributed by atoms with Crippen molar-refractivity contribution in [3.63, 3.8) is 0 Å². The summed E-state index contributed by atoms with van der Waals surface area (Å²) in [6.45, 7) is 1.84. The Morgan fingerprint density at radius 3 is 2.68 bits per heavy atom. The van der Waals surface area contributed by atoms with Crippen molar-refractivity contribution in [2.24, 2.45) is 5.84 Å².